The van der Waals surface area contributed by atoms with Crippen LogP contribution in [0.3, 0.4) is 0 Å². The molecule has 0 aromatic carbocycles. The number of hydrogen-bond acceptors (Lipinski definition) is 2. The average Bonchev–Trinajstić information content (AvgIpc) is 2.34. The van der Waals surface area contributed by atoms with E-state index in [1.165, 1.54) is 44.9 Å². The van der Waals surface area contributed by atoms with Gasteiger partial charge >= 0.3 is 0 Å². The van der Waals surface area contributed by atoms with Crippen molar-refractivity contribution in [1.82, 2.24) is 5.32 Å². The van der Waals surface area contributed by atoms with Crippen molar-refractivity contribution in [3.05, 3.63) is 0 Å². The summed E-state index contributed by atoms with van der Waals surface area (Å²) in [6.45, 7) is 5.43. The van der Waals surface area contributed by atoms with Gasteiger partial charge in [-0.05, 0) is 32.2 Å². The van der Waals surface area contributed by atoms with Crippen LogP contribution in [0.15, 0.2) is 0 Å². The van der Waals surface area contributed by atoms with Gasteiger partial charge in [0.25, 0.3) is 0 Å². The van der Waals surface area contributed by atoms with Gasteiger partial charge in [-0.1, -0.05) is 39.5 Å². The fraction of sp³-hybridized carbons (Fsp3) is 1.00. The molecule has 3 atom stereocenters. The van der Waals surface area contributed by atoms with Crippen molar-refractivity contribution in [2.45, 2.75) is 70.9 Å². The molecule has 0 bridgehead atoms. The molecule has 1 aliphatic rings. The number of hydrogen-bond donors (Lipinski definition) is 1. The third kappa shape index (κ3) is 4.84. The molecule has 0 aromatic rings. The average molecular weight is 227 g/mol. The summed E-state index contributed by atoms with van der Waals surface area (Å²) in [6, 6.07) is 0.548. The molecule has 16 heavy (non-hydrogen) atoms. The second kappa shape index (κ2) is 8.08. The first kappa shape index (κ1) is 14.0. The molecule has 3 unspecified atom stereocenters. The molecule has 1 N–H and O–H groups in total. The minimum Gasteiger partial charge on any atom is -0.377 e. The lowest BCUT2D eigenvalue weighted by Gasteiger charge is -2.29. The van der Waals surface area contributed by atoms with E-state index in [0.717, 1.165) is 12.5 Å². The predicted octanol–water partition coefficient (Wildman–Crippen LogP) is 3.36. The van der Waals surface area contributed by atoms with Gasteiger partial charge in [0.15, 0.2) is 0 Å². The SMILES string of the molecule is CCCC(COC1CCCC(CC)C1)NC. The van der Waals surface area contributed by atoms with Crippen LogP contribution in [-0.4, -0.2) is 25.8 Å². The fourth-order valence-electron chi connectivity index (χ4n) is 2.68. The van der Waals surface area contributed by atoms with Crippen molar-refractivity contribution in [2.75, 3.05) is 13.7 Å². The van der Waals surface area contributed by atoms with E-state index in [0.29, 0.717) is 12.1 Å². The Labute approximate surface area is 101 Å². The third-order valence-corrected chi connectivity index (χ3v) is 3.89. The molecule has 0 aliphatic heterocycles. The van der Waals surface area contributed by atoms with Gasteiger partial charge in [-0.2, -0.15) is 0 Å². The van der Waals surface area contributed by atoms with Crippen LogP contribution in [0.1, 0.15) is 58.8 Å². The van der Waals surface area contributed by atoms with Crippen LogP contribution in [0.25, 0.3) is 0 Å². The lowest BCUT2D eigenvalue weighted by atomic mass is 9.85. The van der Waals surface area contributed by atoms with Crippen LogP contribution in [0, 0.1) is 5.92 Å². The second-order valence-electron chi connectivity index (χ2n) is 5.17. The van der Waals surface area contributed by atoms with Crippen LogP contribution in [0.4, 0.5) is 0 Å². The molecular formula is C14H29NO. The van der Waals surface area contributed by atoms with Crippen molar-refractivity contribution in [3.8, 4) is 0 Å². The summed E-state index contributed by atoms with van der Waals surface area (Å²) in [5, 5.41) is 3.34. The summed E-state index contributed by atoms with van der Waals surface area (Å²) in [5.41, 5.74) is 0. The quantitative estimate of drug-likeness (QED) is 0.720. The highest BCUT2D eigenvalue weighted by Gasteiger charge is 2.21. The van der Waals surface area contributed by atoms with Crippen LogP contribution in [0.2, 0.25) is 0 Å². The minimum atomic E-state index is 0.534. The lowest BCUT2D eigenvalue weighted by Crippen LogP contribution is -2.33. The van der Waals surface area contributed by atoms with E-state index in [1.54, 1.807) is 0 Å². The number of nitrogens with one attached hydrogen (secondary N) is 1. The van der Waals surface area contributed by atoms with Gasteiger partial charge in [-0.25, -0.2) is 0 Å². The summed E-state index contributed by atoms with van der Waals surface area (Å²) < 4.78 is 6.06. The molecule has 2 heteroatoms. The summed E-state index contributed by atoms with van der Waals surface area (Å²) in [6.07, 6.45) is 9.66. The summed E-state index contributed by atoms with van der Waals surface area (Å²) >= 11 is 0. The van der Waals surface area contributed by atoms with E-state index < -0.39 is 0 Å². The van der Waals surface area contributed by atoms with Gasteiger partial charge in [0.1, 0.15) is 0 Å². The molecule has 1 aliphatic carbocycles. The Kier molecular flexibility index (Phi) is 7.06. The predicted molar refractivity (Wildman–Crippen MR) is 69.7 cm³/mol. The lowest BCUT2D eigenvalue weighted by molar-refractivity contribution is 0.00138. The van der Waals surface area contributed by atoms with Crippen molar-refractivity contribution in [3.63, 3.8) is 0 Å². The first-order valence-corrected chi connectivity index (χ1v) is 7.09. The Bertz CT molecular complexity index is 172. The summed E-state index contributed by atoms with van der Waals surface area (Å²) in [4.78, 5) is 0. The highest BCUT2D eigenvalue weighted by atomic mass is 16.5. The molecule has 2 nitrogen and oxygen atoms in total. The van der Waals surface area contributed by atoms with Gasteiger partial charge < -0.3 is 10.1 Å². The number of likely N-dealkylation sites (N-methyl/N-ethyl adjacent to an activating group) is 1. The zero-order valence-electron chi connectivity index (χ0n) is 11.3. The fourth-order valence-corrected chi connectivity index (χ4v) is 2.68. The standard InChI is InChI=1S/C14H29NO/c1-4-7-13(15-3)11-16-14-9-6-8-12(5-2)10-14/h12-15H,4-11H2,1-3H3. The molecule has 1 fully saturated rings. The normalized spacial score (nSPS) is 27.9. The zero-order valence-corrected chi connectivity index (χ0v) is 11.3. The Hall–Kier alpha value is -0.0800. The van der Waals surface area contributed by atoms with E-state index in [1.807, 2.05) is 7.05 Å². The molecule has 0 aromatic heterocycles. The first-order chi connectivity index (χ1) is 7.80. The highest BCUT2D eigenvalue weighted by Crippen LogP contribution is 2.28. The minimum absolute atomic E-state index is 0.534. The van der Waals surface area contributed by atoms with Crippen molar-refractivity contribution < 1.29 is 4.74 Å². The zero-order chi connectivity index (χ0) is 11.8. The van der Waals surface area contributed by atoms with Crippen LogP contribution < -0.4 is 5.32 Å². The van der Waals surface area contributed by atoms with E-state index >= 15 is 0 Å². The molecule has 0 radical (unpaired) electrons. The molecule has 1 saturated carbocycles. The third-order valence-electron chi connectivity index (χ3n) is 3.89. The molecule has 0 amide bonds. The molecule has 0 spiro atoms. The summed E-state index contributed by atoms with van der Waals surface area (Å²) in [5.74, 6) is 0.915. The second-order valence-corrected chi connectivity index (χ2v) is 5.17. The van der Waals surface area contributed by atoms with Gasteiger partial charge in [-0.15, -0.1) is 0 Å². The van der Waals surface area contributed by atoms with Gasteiger partial charge in [0, 0.05) is 6.04 Å². The van der Waals surface area contributed by atoms with Gasteiger partial charge in [0.05, 0.1) is 12.7 Å². The smallest absolute Gasteiger partial charge is 0.0623 e. The van der Waals surface area contributed by atoms with E-state index in [2.05, 4.69) is 19.2 Å². The largest absolute Gasteiger partial charge is 0.377 e. The summed E-state index contributed by atoms with van der Waals surface area (Å²) in [7, 11) is 2.04. The van der Waals surface area contributed by atoms with E-state index in [9.17, 15) is 0 Å². The first-order valence-electron chi connectivity index (χ1n) is 7.09. The van der Waals surface area contributed by atoms with Crippen molar-refractivity contribution >= 4 is 0 Å². The highest BCUT2D eigenvalue weighted by molar-refractivity contribution is 4.73. The Morgan fingerprint density at radius 3 is 2.75 bits per heavy atom. The molecular weight excluding hydrogens is 198 g/mol. The topological polar surface area (TPSA) is 21.3 Å². The van der Waals surface area contributed by atoms with Crippen LogP contribution >= 0.6 is 0 Å². The molecule has 0 saturated heterocycles. The van der Waals surface area contributed by atoms with Crippen molar-refractivity contribution in [1.29, 1.82) is 0 Å². The number of ether oxygens (including phenoxy) is 1. The maximum atomic E-state index is 6.06. The van der Waals surface area contributed by atoms with Gasteiger partial charge in [-0.3, -0.25) is 0 Å². The maximum Gasteiger partial charge on any atom is 0.0623 e. The van der Waals surface area contributed by atoms with E-state index in [4.69, 9.17) is 4.74 Å². The Balaban J connectivity index is 2.20. The number of rotatable bonds is 7. The Morgan fingerprint density at radius 2 is 2.12 bits per heavy atom. The Morgan fingerprint density at radius 1 is 1.31 bits per heavy atom. The maximum absolute atomic E-state index is 6.06. The molecule has 0 heterocycles. The monoisotopic (exact) mass is 227 g/mol. The van der Waals surface area contributed by atoms with Gasteiger partial charge in [0.2, 0.25) is 0 Å². The van der Waals surface area contributed by atoms with Crippen molar-refractivity contribution in [2.24, 2.45) is 5.92 Å². The molecule has 96 valence electrons. The van der Waals surface area contributed by atoms with Crippen LogP contribution in [-0.2, 0) is 4.74 Å². The van der Waals surface area contributed by atoms with Crippen LogP contribution in [0.5, 0.6) is 0 Å². The van der Waals surface area contributed by atoms with E-state index in [-0.39, 0.29) is 0 Å². The molecule has 1 rings (SSSR count).